The minimum Gasteiger partial charge on any atom is -0.353 e. The van der Waals surface area contributed by atoms with Crippen molar-refractivity contribution in [1.82, 2.24) is 4.90 Å². The summed E-state index contributed by atoms with van der Waals surface area (Å²) in [4.78, 5) is 2.50. The molecule has 0 saturated carbocycles. The molecule has 1 heterocycles. The van der Waals surface area contributed by atoms with Gasteiger partial charge >= 0.3 is 0 Å². The average molecular weight is 229 g/mol. The summed E-state index contributed by atoms with van der Waals surface area (Å²) in [7, 11) is 0. The van der Waals surface area contributed by atoms with Gasteiger partial charge in [0.05, 0.1) is 13.2 Å². The monoisotopic (exact) mass is 229 g/mol. The van der Waals surface area contributed by atoms with E-state index < -0.39 is 0 Å². The fourth-order valence-corrected chi connectivity index (χ4v) is 1.94. The molecule has 1 unspecified atom stereocenters. The molecule has 1 fully saturated rings. The Labute approximate surface area is 100 Å². The van der Waals surface area contributed by atoms with Gasteiger partial charge in [0.1, 0.15) is 0 Å². The second-order valence-corrected chi connectivity index (χ2v) is 4.72. The maximum atomic E-state index is 5.56. The van der Waals surface area contributed by atoms with Crippen LogP contribution in [0.3, 0.4) is 0 Å². The molecule has 1 aliphatic rings. The smallest absolute Gasteiger partial charge is 0.158 e. The number of rotatable bonds is 7. The van der Waals surface area contributed by atoms with Crippen molar-refractivity contribution in [2.24, 2.45) is 5.92 Å². The number of nitrogens with zero attached hydrogens (tertiary/aromatic N) is 1. The van der Waals surface area contributed by atoms with Crippen molar-refractivity contribution in [3.63, 3.8) is 0 Å². The SMILES string of the molecule is CCC(C)CN(CC)CCC1OCCCO1. The molecule has 1 rings (SSSR count). The highest BCUT2D eigenvalue weighted by Gasteiger charge is 2.15. The third kappa shape index (κ3) is 5.28. The molecular formula is C13H27NO2. The van der Waals surface area contributed by atoms with Crippen molar-refractivity contribution < 1.29 is 9.47 Å². The molecule has 0 spiro atoms. The third-order valence-electron chi connectivity index (χ3n) is 3.29. The Morgan fingerprint density at radius 2 is 1.94 bits per heavy atom. The van der Waals surface area contributed by atoms with Gasteiger partial charge in [0, 0.05) is 19.5 Å². The van der Waals surface area contributed by atoms with Crippen molar-refractivity contribution in [3.8, 4) is 0 Å². The first-order valence-corrected chi connectivity index (χ1v) is 6.71. The van der Waals surface area contributed by atoms with E-state index in [-0.39, 0.29) is 6.29 Å². The van der Waals surface area contributed by atoms with Crippen LogP contribution in [0.15, 0.2) is 0 Å². The average Bonchev–Trinajstić information content (AvgIpc) is 2.35. The molecule has 1 aliphatic heterocycles. The lowest BCUT2D eigenvalue weighted by Crippen LogP contribution is -2.34. The van der Waals surface area contributed by atoms with Crippen LogP contribution >= 0.6 is 0 Å². The van der Waals surface area contributed by atoms with Crippen LogP contribution < -0.4 is 0 Å². The van der Waals surface area contributed by atoms with Crippen LogP contribution in [0.25, 0.3) is 0 Å². The topological polar surface area (TPSA) is 21.7 Å². The first-order chi connectivity index (χ1) is 7.76. The lowest BCUT2D eigenvalue weighted by molar-refractivity contribution is -0.182. The molecule has 3 nitrogen and oxygen atoms in total. The van der Waals surface area contributed by atoms with Gasteiger partial charge in [-0.2, -0.15) is 0 Å². The summed E-state index contributed by atoms with van der Waals surface area (Å²) in [6, 6.07) is 0. The van der Waals surface area contributed by atoms with Crippen LogP contribution in [0.2, 0.25) is 0 Å². The van der Waals surface area contributed by atoms with Gasteiger partial charge in [-0.05, 0) is 18.9 Å². The van der Waals surface area contributed by atoms with E-state index in [1.165, 1.54) is 13.0 Å². The molecule has 96 valence electrons. The minimum atomic E-state index is 0.0414. The predicted octanol–water partition coefficient (Wildman–Crippen LogP) is 2.51. The van der Waals surface area contributed by atoms with Crippen molar-refractivity contribution >= 4 is 0 Å². The fraction of sp³-hybridized carbons (Fsp3) is 1.00. The first-order valence-electron chi connectivity index (χ1n) is 6.71. The molecular weight excluding hydrogens is 202 g/mol. The second kappa shape index (κ2) is 8.04. The molecule has 0 aromatic carbocycles. The van der Waals surface area contributed by atoms with Crippen LogP contribution in [-0.4, -0.2) is 44.0 Å². The van der Waals surface area contributed by atoms with Crippen molar-refractivity contribution in [2.45, 2.75) is 46.3 Å². The molecule has 0 amide bonds. The Morgan fingerprint density at radius 1 is 1.25 bits per heavy atom. The van der Waals surface area contributed by atoms with E-state index in [0.717, 1.165) is 45.1 Å². The van der Waals surface area contributed by atoms with E-state index in [4.69, 9.17) is 9.47 Å². The Bertz CT molecular complexity index is 169. The summed E-state index contributed by atoms with van der Waals surface area (Å²) in [5.74, 6) is 0.785. The highest BCUT2D eigenvalue weighted by atomic mass is 16.7. The van der Waals surface area contributed by atoms with E-state index in [1.807, 2.05) is 0 Å². The third-order valence-corrected chi connectivity index (χ3v) is 3.29. The van der Waals surface area contributed by atoms with Gasteiger partial charge in [-0.1, -0.05) is 27.2 Å². The summed E-state index contributed by atoms with van der Waals surface area (Å²) in [5.41, 5.74) is 0. The van der Waals surface area contributed by atoms with Crippen molar-refractivity contribution in [1.29, 1.82) is 0 Å². The molecule has 3 heteroatoms. The number of ether oxygens (including phenoxy) is 2. The van der Waals surface area contributed by atoms with E-state index in [0.29, 0.717) is 0 Å². The zero-order valence-corrected chi connectivity index (χ0v) is 11.1. The summed E-state index contributed by atoms with van der Waals surface area (Å²) in [6.45, 7) is 11.9. The molecule has 0 bridgehead atoms. The Balaban J connectivity index is 2.16. The summed E-state index contributed by atoms with van der Waals surface area (Å²) >= 11 is 0. The zero-order chi connectivity index (χ0) is 11.8. The standard InChI is InChI=1S/C13H27NO2/c1-4-12(3)11-14(5-2)8-7-13-15-9-6-10-16-13/h12-13H,4-11H2,1-3H3. The minimum absolute atomic E-state index is 0.0414. The summed E-state index contributed by atoms with van der Waals surface area (Å²) in [5, 5.41) is 0. The highest BCUT2D eigenvalue weighted by Crippen LogP contribution is 2.11. The maximum absolute atomic E-state index is 5.56. The molecule has 0 aromatic heterocycles. The van der Waals surface area contributed by atoms with Crippen LogP contribution in [0, 0.1) is 5.92 Å². The molecule has 0 aromatic rings. The Morgan fingerprint density at radius 3 is 2.50 bits per heavy atom. The van der Waals surface area contributed by atoms with E-state index in [1.54, 1.807) is 0 Å². The van der Waals surface area contributed by atoms with Crippen molar-refractivity contribution in [2.75, 3.05) is 32.8 Å². The lowest BCUT2D eigenvalue weighted by Gasteiger charge is -2.28. The summed E-state index contributed by atoms with van der Waals surface area (Å²) < 4.78 is 11.1. The van der Waals surface area contributed by atoms with Crippen LogP contribution in [0.1, 0.15) is 40.0 Å². The highest BCUT2D eigenvalue weighted by molar-refractivity contribution is 4.62. The van der Waals surface area contributed by atoms with E-state index in [2.05, 4.69) is 25.7 Å². The van der Waals surface area contributed by atoms with Gasteiger partial charge < -0.3 is 14.4 Å². The van der Waals surface area contributed by atoms with E-state index >= 15 is 0 Å². The van der Waals surface area contributed by atoms with Gasteiger partial charge in [0.15, 0.2) is 6.29 Å². The van der Waals surface area contributed by atoms with Gasteiger partial charge in [-0.25, -0.2) is 0 Å². The van der Waals surface area contributed by atoms with Crippen molar-refractivity contribution in [3.05, 3.63) is 0 Å². The summed E-state index contributed by atoms with van der Waals surface area (Å²) in [6.07, 6.45) is 3.35. The Hall–Kier alpha value is -0.120. The molecule has 0 N–H and O–H groups in total. The predicted molar refractivity (Wildman–Crippen MR) is 66.5 cm³/mol. The van der Waals surface area contributed by atoms with Crippen LogP contribution in [0.5, 0.6) is 0 Å². The molecule has 0 radical (unpaired) electrons. The first kappa shape index (κ1) is 13.9. The largest absolute Gasteiger partial charge is 0.353 e. The van der Waals surface area contributed by atoms with Crippen LogP contribution in [0.4, 0.5) is 0 Å². The van der Waals surface area contributed by atoms with Gasteiger partial charge in [-0.3, -0.25) is 0 Å². The molecule has 1 atom stereocenters. The van der Waals surface area contributed by atoms with Gasteiger partial charge in [0.2, 0.25) is 0 Å². The van der Waals surface area contributed by atoms with E-state index in [9.17, 15) is 0 Å². The molecule has 0 aliphatic carbocycles. The number of hydrogen-bond acceptors (Lipinski definition) is 3. The quantitative estimate of drug-likeness (QED) is 0.669. The lowest BCUT2D eigenvalue weighted by atomic mass is 10.1. The van der Waals surface area contributed by atoms with Crippen LogP contribution in [-0.2, 0) is 9.47 Å². The Kier molecular flexibility index (Phi) is 7.01. The maximum Gasteiger partial charge on any atom is 0.158 e. The second-order valence-electron chi connectivity index (χ2n) is 4.72. The molecule has 1 saturated heterocycles. The fourth-order valence-electron chi connectivity index (χ4n) is 1.94. The number of hydrogen-bond donors (Lipinski definition) is 0. The normalized spacial score (nSPS) is 20.2. The zero-order valence-electron chi connectivity index (χ0n) is 11.1. The van der Waals surface area contributed by atoms with Gasteiger partial charge in [0.25, 0.3) is 0 Å². The van der Waals surface area contributed by atoms with Gasteiger partial charge in [-0.15, -0.1) is 0 Å². The molecule has 16 heavy (non-hydrogen) atoms.